The molecule has 3 saturated heterocycles. The molecule has 4 amide bonds. The first kappa shape index (κ1) is 63.4. The number of nitrogens with two attached hydrogens (primary N) is 1. The molecule has 17 nitrogen and oxygen atoms in total. The smallest absolute Gasteiger partial charge is 0.411 e. The van der Waals surface area contributed by atoms with E-state index in [1.54, 1.807) is 71.9 Å². The van der Waals surface area contributed by atoms with E-state index in [0.717, 1.165) is 31.1 Å². The van der Waals surface area contributed by atoms with Gasteiger partial charge in [-0.2, -0.15) is 13.5 Å². The molecular formula is C37H51Br3ClN9O8S6. The zero-order chi connectivity index (χ0) is 47.2. The van der Waals surface area contributed by atoms with E-state index < -0.39 is 41.4 Å². The van der Waals surface area contributed by atoms with Crippen molar-refractivity contribution in [2.24, 2.45) is 0 Å². The number of aromatic nitrogens is 3. The standard InChI is InChI=1S/C14H18BrN3O3.C9H10BrN3O.C9H15NO4.C5H5BrN2.ClH.S3.S2.H2S/c1-14(2,3)21-13(20)18-8-7-9(18)12(19)17-11-6-4-5-10(15)16-11;10-7-2-1-3-8(12-7)13-9(14)6-4-5-11-6;1-9(2,3)14-8(13)10-5-4-6(10)7(11)12;6-4-2-1-3-5(7)8-4;;1-3-2;1-2;/h4-6,9H,7-8H2,1-3H3,(H,16,17,19);1-3,6,11H,4-5H2,(H,12,13,14);6H,4-5H2,1-3H3,(H,11,12);1-3H,(H2,7,8);1H;;;1H2/t9-;2*6-;;;;;/m000...../s1. The highest BCUT2D eigenvalue weighted by atomic mass is 79.9. The second-order valence-corrected chi connectivity index (χ2v) is 18.9. The topological polar surface area (TPSA) is 231 Å². The minimum atomic E-state index is -0.970. The number of hydrogen-bond donors (Lipinski definition) is 5. The van der Waals surface area contributed by atoms with Gasteiger partial charge in [-0.3, -0.25) is 19.4 Å². The van der Waals surface area contributed by atoms with E-state index in [1.807, 2.05) is 24.3 Å². The quantitative estimate of drug-likeness (QED) is 0.163. The van der Waals surface area contributed by atoms with Crippen molar-refractivity contribution in [1.82, 2.24) is 30.1 Å². The molecule has 3 fully saturated rings. The van der Waals surface area contributed by atoms with Gasteiger partial charge in [-0.15, -0.1) is 12.4 Å². The Morgan fingerprint density at radius 3 is 1.39 bits per heavy atom. The Morgan fingerprint density at radius 2 is 1.11 bits per heavy atom. The normalized spacial score (nSPS) is 16.3. The Bertz CT molecular complexity index is 2000. The van der Waals surface area contributed by atoms with Crippen molar-refractivity contribution in [2.45, 2.75) is 90.1 Å². The first-order chi connectivity index (χ1) is 29.0. The number of rotatable bonds is 5. The van der Waals surface area contributed by atoms with Crippen molar-refractivity contribution in [3.63, 3.8) is 0 Å². The summed E-state index contributed by atoms with van der Waals surface area (Å²) in [6.07, 6.45) is 1.03. The number of aliphatic carboxylic acids is 1. The van der Waals surface area contributed by atoms with E-state index in [-0.39, 0.29) is 43.8 Å². The van der Waals surface area contributed by atoms with Gasteiger partial charge in [0.25, 0.3) is 0 Å². The number of nitrogen functional groups attached to an aromatic ring is 1. The van der Waals surface area contributed by atoms with Gasteiger partial charge in [0.05, 0.1) is 6.04 Å². The van der Waals surface area contributed by atoms with Crippen LogP contribution in [-0.4, -0.2) is 109 Å². The molecule has 64 heavy (non-hydrogen) atoms. The first-order valence-corrected chi connectivity index (χ1v) is 24.7. The fourth-order valence-electron chi connectivity index (χ4n) is 4.70. The number of carbonyl (C=O) groups excluding carboxylic acids is 4. The summed E-state index contributed by atoms with van der Waals surface area (Å²) in [4.78, 5) is 72.4. The van der Waals surface area contributed by atoms with E-state index in [2.05, 4.69) is 123 Å². The molecule has 0 spiro atoms. The van der Waals surface area contributed by atoms with Gasteiger partial charge in [0.1, 0.15) is 54.5 Å². The maximum absolute atomic E-state index is 12.2. The number of pyridine rings is 3. The second kappa shape index (κ2) is 32.1. The average Bonchev–Trinajstić information content (AvgIpc) is 3.06. The summed E-state index contributed by atoms with van der Waals surface area (Å²) in [5.74, 6) is 0.338. The van der Waals surface area contributed by atoms with E-state index >= 15 is 0 Å². The molecule has 0 aromatic carbocycles. The van der Waals surface area contributed by atoms with Crippen LogP contribution in [0.3, 0.4) is 0 Å². The summed E-state index contributed by atoms with van der Waals surface area (Å²) in [5.41, 5.74) is 4.17. The number of nitrogens with one attached hydrogen (secondary N) is 3. The molecule has 0 radical (unpaired) electrons. The molecule has 3 aliphatic rings. The van der Waals surface area contributed by atoms with Crippen LogP contribution in [0.15, 0.2) is 68.4 Å². The van der Waals surface area contributed by atoms with Crippen LogP contribution in [0.25, 0.3) is 0 Å². The summed E-state index contributed by atoms with van der Waals surface area (Å²) in [5, 5.41) is 17.2. The summed E-state index contributed by atoms with van der Waals surface area (Å²) in [6, 6.07) is 14.8. The van der Waals surface area contributed by atoms with Gasteiger partial charge in [-0.25, -0.2) is 29.3 Å². The number of ether oxygens (including phenoxy) is 2. The number of carboxylic acids is 1. The fourth-order valence-corrected chi connectivity index (χ4v) is 5.74. The van der Waals surface area contributed by atoms with Crippen LogP contribution in [0.2, 0.25) is 0 Å². The SMILES string of the molecule is CC(C)(C)OC(=O)N1CC[C@H]1C(=O)Nc1cccc(Br)n1.CC(C)(C)OC(=O)N1CC[C@H]1C(=O)O.Cl.Nc1cccc(Br)n1.O=C(Nc1cccc(Br)n1)[C@@H]1CCN1.S.S=S.S=S=S. The van der Waals surface area contributed by atoms with Crippen LogP contribution in [0.4, 0.5) is 27.0 Å². The Balaban J connectivity index is 0. The molecule has 0 bridgehead atoms. The van der Waals surface area contributed by atoms with Crippen LogP contribution >= 0.6 is 73.7 Å². The zero-order valence-corrected chi connectivity index (χ0v) is 46.0. The maximum Gasteiger partial charge on any atom is 0.411 e. The van der Waals surface area contributed by atoms with E-state index in [0.29, 0.717) is 48.0 Å². The van der Waals surface area contributed by atoms with Gasteiger partial charge < -0.3 is 36.3 Å². The van der Waals surface area contributed by atoms with Crippen molar-refractivity contribution >= 4 is 175 Å². The van der Waals surface area contributed by atoms with Crippen molar-refractivity contribution in [1.29, 1.82) is 0 Å². The second-order valence-electron chi connectivity index (χ2n) is 14.7. The summed E-state index contributed by atoms with van der Waals surface area (Å²) in [7, 11) is 0.917. The van der Waals surface area contributed by atoms with Gasteiger partial charge in [0, 0.05) is 66.7 Å². The van der Waals surface area contributed by atoms with Crippen LogP contribution in [0, 0.1) is 0 Å². The molecule has 27 heteroatoms. The lowest BCUT2D eigenvalue weighted by Crippen LogP contribution is -2.57. The Hall–Kier alpha value is -2.66. The van der Waals surface area contributed by atoms with E-state index in [1.165, 1.54) is 9.80 Å². The maximum atomic E-state index is 12.2. The number of nitrogens with zero attached hydrogens (tertiary/aromatic N) is 5. The predicted molar refractivity (Wildman–Crippen MR) is 279 cm³/mol. The number of hydrogen-bond acceptors (Lipinski definition) is 16. The van der Waals surface area contributed by atoms with E-state index in [4.69, 9.17) is 20.3 Å². The van der Waals surface area contributed by atoms with Crippen LogP contribution in [0.1, 0.15) is 60.8 Å². The van der Waals surface area contributed by atoms with Crippen LogP contribution < -0.4 is 21.7 Å². The Labute approximate surface area is 434 Å². The molecule has 0 unspecified atom stereocenters. The molecule has 3 aromatic heterocycles. The first-order valence-electron chi connectivity index (χ1n) is 18.3. The average molecular weight is 1220 g/mol. The molecule has 6 heterocycles. The largest absolute Gasteiger partial charge is 0.480 e. The van der Waals surface area contributed by atoms with Crippen molar-refractivity contribution in [2.75, 3.05) is 36.0 Å². The fraction of sp³-hybridized carbons (Fsp3) is 0.459. The number of halogens is 4. The lowest BCUT2D eigenvalue weighted by molar-refractivity contribution is -0.147. The predicted octanol–water partition coefficient (Wildman–Crippen LogP) is 6.97. The molecular weight excluding hydrogens is 1170 g/mol. The van der Waals surface area contributed by atoms with E-state index in [9.17, 15) is 24.0 Å². The Morgan fingerprint density at radius 1 is 0.734 bits per heavy atom. The third kappa shape index (κ3) is 25.3. The van der Waals surface area contributed by atoms with Gasteiger partial charge in [0.15, 0.2) is 0 Å². The molecule has 6 N–H and O–H groups in total. The van der Waals surface area contributed by atoms with Gasteiger partial charge >= 0.3 is 18.2 Å². The zero-order valence-electron chi connectivity index (χ0n) is 35.4. The molecule has 6 rings (SSSR count). The summed E-state index contributed by atoms with van der Waals surface area (Å²) in [6.45, 7) is 12.6. The molecule has 3 atom stereocenters. The molecule has 356 valence electrons. The summed E-state index contributed by atoms with van der Waals surface area (Å²) >= 11 is 25.2. The van der Waals surface area contributed by atoms with Crippen molar-refractivity contribution < 1.29 is 38.6 Å². The number of amides is 4. The highest BCUT2D eigenvalue weighted by Gasteiger charge is 2.41. The van der Waals surface area contributed by atoms with Crippen LogP contribution in [-0.2, 0) is 77.5 Å². The van der Waals surface area contributed by atoms with Gasteiger partial charge in [0.2, 0.25) is 11.8 Å². The number of likely N-dealkylation sites (tertiary alicyclic amines) is 2. The van der Waals surface area contributed by atoms with Gasteiger partial charge in [-0.05, 0) is 152 Å². The number of carboxylic acid groups (broad SMARTS) is 1. The monoisotopic (exact) mass is 1210 g/mol. The highest BCUT2D eigenvalue weighted by molar-refractivity contribution is 9.11. The number of anilines is 3. The number of carbonyl (C=O) groups is 5. The van der Waals surface area contributed by atoms with Crippen LogP contribution in [0.5, 0.6) is 0 Å². The summed E-state index contributed by atoms with van der Waals surface area (Å²) < 4.78 is 12.5. The highest BCUT2D eigenvalue weighted by Crippen LogP contribution is 2.23. The minimum absolute atomic E-state index is 0. The third-order valence-corrected chi connectivity index (χ3v) is 9.02. The molecule has 0 saturated carbocycles. The molecule has 3 aromatic rings. The van der Waals surface area contributed by atoms with Gasteiger partial charge in [-0.1, -0.05) is 18.2 Å². The third-order valence-electron chi connectivity index (χ3n) is 7.69. The van der Waals surface area contributed by atoms with Crippen molar-refractivity contribution in [3.8, 4) is 0 Å². The van der Waals surface area contributed by atoms with Crippen molar-refractivity contribution in [3.05, 3.63) is 68.4 Å². The Kier molecular flexibility index (Phi) is 31.8. The molecule has 3 aliphatic heterocycles. The molecule has 0 aliphatic carbocycles. The lowest BCUT2D eigenvalue weighted by Gasteiger charge is -2.40. The lowest BCUT2D eigenvalue weighted by atomic mass is 10.0. The minimum Gasteiger partial charge on any atom is -0.480 e.